The summed E-state index contributed by atoms with van der Waals surface area (Å²) in [5, 5.41) is 3.41. The summed E-state index contributed by atoms with van der Waals surface area (Å²) in [6, 6.07) is 17.5. The minimum Gasteiger partial charge on any atom is -0.441 e. The van der Waals surface area contributed by atoms with Crippen molar-refractivity contribution < 1.29 is 9.53 Å². The molecule has 2 saturated heterocycles. The van der Waals surface area contributed by atoms with Crippen LogP contribution >= 0.6 is 0 Å². The first-order valence-corrected chi connectivity index (χ1v) is 11.8. The Morgan fingerprint density at radius 2 is 1.65 bits per heavy atom. The zero-order valence-electron chi connectivity index (χ0n) is 18.3. The summed E-state index contributed by atoms with van der Waals surface area (Å²) in [7, 11) is 0. The van der Waals surface area contributed by atoms with Gasteiger partial charge in [0.15, 0.2) is 0 Å². The second-order valence-electron chi connectivity index (χ2n) is 9.39. The lowest BCUT2D eigenvalue weighted by atomic mass is 9.85. The van der Waals surface area contributed by atoms with Crippen molar-refractivity contribution in [1.29, 1.82) is 0 Å². The van der Waals surface area contributed by atoms with E-state index < -0.39 is 0 Å². The second-order valence-corrected chi connectivity index (χ2v) is 9.39. The van der Waals surface area contributed by atoms with Crippen LogP contribution in [0.5, 0.6) is 0 Å². The molecule has 0 aromatic heterocycles. The van der Waals surface area contributed by atoms with Gasteiger partial charge in [-0.15, -0.1) is 0 Å². The Hall–Kier alpha value is -2.37. The first kappa shape index (κ1) is 20.5. The molecule has 0 radical (unpaired) electrons. The zero-order chi connectivity index (χ0) is 21.1. The Balaban J connectivity index is 1.23. The summed E-state index contributed by atoms with van der Waals surface area (Å²) >= 11 is 0. The molecule has 5 heteroatoms. The number of rotatable bonds is 5. The third kappa shape index (κ3) is 4.78. The molecule has 1 N–H and O–H groups in total. The van der Waals surface area contributed by atoms with Crippen molar-refractivity contribution >= 4 is 6.09 Å². The maximum absolute atomic E-state index is 12.4. The smallest absolute Gasteiger partial charge is 0.410 e. The third-order valence-corrected chi connectivity index (χ3v) is 7.01. The highest BCUT2D eigenvalue weighted by atomic mass is 16.6. The first-order valence-electron chi connectivity index (χ1n) is 11.8. The molecule has 0 bridgehead atoms. The highest BCUT2D eigenvalue weighted by Gasteiger charge is 2.45. The van der Waals surface area contributed by atoms with Crippen LogP contribution < -0.4 is 5.32 Å². The van der Waals surface area contributed by atoms with E-state index in [9.17, 15) is 4.79 Å². The number of amides is 1. The van der Waals surface area contributed by atoms with Crippen LogP contribution in [0.1, 0.15) is 43.2 Å². The number of benzene rings is 2. The van der Waals surface area contributed by atoms with Gasteiger partial charge in [0.2, 0.25) is 0 Å². The fourth-order valence-electron chi connectivity index (χ4n) is 5.27. The van der Waals surface area contributed by atoms with Gasteiger partial charge < -0.3 is 10.1 Å². The van der Waals surface area contributed by atoms with E-state index in [1.807, 2.05) is 4.90 Å². The minimum absolute atomic E-state index is 0.147. The van der Waals surface area contributed by atoms with Crippen molar-refractivity contribution in [2.45, 2.75) is 50.8 Å². The molecule has 31 heavy (non-hydrogen) atoms. The van der Waals surface area contributed by atoms with Gasteiger partial charge in [-0.25, -0.2) is 4.79 Å². The van der Waals surface area contributed by atoms with Crippen molar-refractivity contribution in [2.75, 3.05) is 32.7 Å². The molecule has 2 aromatic rings. The number of ether oxygens (including phenoxy) is 1. The lowest BCUT2D eigenvalue weighted by Crippen LogP contribution is -2.42. The maximum atomic E-state index is 12.4. The van der Waals surface area contributed by atoms with Gasteiger partial charge in [0.25, 0.3) is 0 Å². The first-order chi connectivity index (χ1) is 15.2. The van der Waals surface area contributed by atoms with Crippen LogP contribution in [0.2, 0.25) is 0 Å². The molecule has 1 amide bonds. The van der Waals surface area contributed by atoms with Crippen molar-refractivity contribution in [3.8, 4) is 11.1 Å². The highest BCUT2D eigenvalue weighted by molar-refractivity contribution is 5.71. The van der Waals surface area contributed by atoms with E-state index in [0.29, 0.717) is 6.54 Å². The Kier molecular flexibility index (Phi) is 5.97. The Morgan fingerprint density at radius 3 is 2.42 bits per heavy atom. The van der Waals surface area contributed by atoms with Crippen molar-refractivity contribution in [3.05, 3.63) is 59.7 Å². The predicted octanol–water partition coefficient (Wildman–Crippen LogP) is 4.41. The van der Waals surface area contributed by atoms with Crippen LogP contribution in [0, 0.1) is 0 Å². The molecule has 3 aliphatic rings. The van der Waals surface area contributed by atoms with Crippen molar-refractivity contribution in [1.82, 2.24) is 15.1 Å². The summed E-state index contributed by atoms with van der Waals surface area (Å²) < 4.78 is 5.82. The Bertz CT molecular complexity index is 899. The third-order valence-electron chi connectivity index (χ3n) is 7.01. The standard InChI is InChI=1S/C26H33N3O2/c30-25-29(20-26(31-25)11-2-1-3-12-26)19-21-7-9-23(10-8-21)24-6-4-5-22(17-24)18-28-15-13-27-14-16-28/h4-10,17,27H,1-3,11-16,18-20H2. The van der Waals surface area contributed by atoms with Crippen molar-refractivity contribution in [3.63, 3.8) is 0 Å². The van der Waals surface area contributed by atoms with Crippen molar-refractivity contribution in [2.24, 2.45) is 0 Å². The van der Waals surface area contributed by atoms with Crippen LogP contribution in [0.25, 0.3) is 11.1 Å². The number of hydrogen-bond donors (Lipinski definition) is 1. The van der Waals surface area contributed by atoms with Crippen LogP contribution in [0.3, 0.4) is 0 Å². The van der Waals surface area contributed by atoms with E-state index in [1.54, 1.807) is 0 Å². The molecule has 2 aromatic carbocycles. The SMILES string of the molecule is O=C1OC2(CCCCC2)CN1Cc1ccc(-c2cccc(CN3CCNCC3)c2)cc1. The van der Waals surface area contributed by atoms with Gasteiger partial charge >= 0.3 is 6.09 Å². The molecule has 1 aliphatic carbocycles. The molecule has 164 valence electrons. The van der Waals surface area contributed by atoms with Gasteiger partial charge in [-0.1, -0.05) is 48.9 Å². The fraction of sp³-hybridized carbons (Fsp3) is 0.500. The summed E-state index contributed by atoms with van der Waals surface area (Å²) in [5.41, 5.74) is 4.77. The molecule has 3 fully saturated rings. The average molecular weight is 420 g/mol. The normalized spacial score (nSPS) is 21.4. The highest BCUT2D eigenvalue weighted by Crippen LogP contribution is 2.37. The van der Waals surface area contributed by atoms with E-state index in [2.05, 4.69) is 58.7 Å². The summed E-state index contributed by atoms with van der Waals surface area (Å²) in [6.07, 6.45) is 5.48. The monoisotopic (exact) mass is 419 g/mol. The van der Waals surface area contributed by atoms with Gasteiger partial charge in [-0.3, -0.25) is 9.80 Å². The topological polar surface area (TPSA) is 44.8 Å². The summed E-state index contributed by atoms with van der Waals surface area (Å²) in [4.78, 5) is 16.8. The summed E-state index contributed by atoms with van der Waals surface area (Å²) in [5.74, 6) is 0. The molecular weight excluding hydrogens is 386 g/mol. The Labute approximate surface area is 185 Å². The predicted molar refractivity (Wildman–Crippen MR) is 123 cm³/mol. The number of nitrogens with one attached hydrogen (secondary N) is 1. The molecule has 1 spiro atoms. The quantitative estimate of drug-likeness (QED) is 0.780. The van der Waals surface area contributed by atoms with Gasteiger partial charge in [-0.2, -0.15) is 0 Å². The zero-order valence-corrected chi connectivity index (χ0v) is 18.3. The minimum atomic E-state index is -0.222. The van der Waals surface area contributed by atoms with E-state index in [1.165, 1.54) is 36.0 Å². The number of hydrogen-bond acceptors (Lipinski definition) is 4. The molecule has 5 rings (SSSR count). The fourth-order valence-corrected chi connectivity index (χ4v) is 5.27. The average Bonchev–Trinajstić information content (AvgIpc) is 3.09. The largest absolute Gasteiger partial charge is 0.441 e. The van der Waals surface area contributed by atoms with Crippen LogP contribution in [-0.2, 0) is 17.8 Å². The molecular formula is C26H33N3O2. The van der Waals surface area contributed by atoms with E-state index in [-0.39, 0.29) is 11.7 Å². The number of carbonyl (C=O) groups is 1. The Morgan fingerprint density at radius 1 is 0.871 bits per heavy atom. The van der Waals surface area contributed by atoms with Gasteiger partial charge in [0.1, 0.15) is 5.60 Å². The molecule has 2 heterocycles. The molecule has 5 nitrogen and oxygen atoms in total. The maximum Gasteiger partial charge on any atom is 0.410 e. The lowest BCUT2D eigenvalue weighted by molar-refractivity contribution is 0.0260. The molecule has 2 aliphatic heterocycles. The van der Waals surface area contributed by atoms with E-state index >= 15 is 0 Å². The van der Waals surface area contributed by atoms with E-state index in [4.69, 9.17) is 4.74 Å². The molecule has 0 unspecified atom stereocenters. The molecule has 0 atom stereocenters. The number of nitrogens with zero attached hydrogens (tertiary/aromatic N) is 2. The number of carbonyl (C=O) groups excluding carboxylic acids is 1. The van der Waals surface area contributed by atoms with E-state index in [0.717, 1.165) is 57.7 Å². The van der Waals surface area contributed by atoms with Gasteiger partial charge in [-0.05, 0) is 54.0 Å². The second kappa shape index (κ2) is 9.01. The van der Waals surface area contributed by atoms with Crippen LogP contribution in [0.4, 0.5) is 4.79 Å². The van der Waals surface area contributed by atoms with Crippen LogP contribution in [-0.4, -0.2) is 54.2 Å². The van der Waals surface area contributed by atoms with Gasteiger partial charge in [0, 0.05) is 39.3 Å². The van der Waals surface area contributed by atoms with Crippen LogP contribution in [0.15, 0.2) is 48.5 Å². The number of piperazine rings is 1. The summed E-state index contributed by atoms with van der Waals surface area (Å²) in [6.45, 7) is 6.75. The lowest BCUT2D eigenvalue weighted by Gasteiger charge is -2.30. The molecule has 1 saturated carbocycles. The van der Waals surface area contributed by atoms with Gasteiger partial charge in [0.05, 0.1) is 6.54 Å².